The summed E-state index contributed by atoms with van der Waals surface area (Å²) in [7, 11) is 8.57. The lowest BCUT2D eigenvalue weighted by Gasteiger charge is -2.28. The van der Waals surface area contributed by atoms with Crippen molar-refractivity contribution in [2.24, 2.45) is 5.73 Å². The van der Waals surface area contributed by atoms with Crippen LogP contribution in [0.5, 0.6) is 0 Å². The molecule has 103 heavy (non-hydrogen) atoms. The molecular weight excluding hydrogens is 1320 g/mol. The Morgan fingerprint density at radius 1 is 0.505 bits per heavy atom. The van der Waals surface area contributed by atoms with Crippen LogP contribution in [0.15, 0.2) is 152 Å². The number of aromatic nitrogens is 7. The summed E-state index contributed by atoms with van der Waals surface area (Å²) >= 11 is 6.22. The Morgan fingerprint density at radius 2 is 0.893 bits per heavy atom. The lowest BCUT2D eigenvalue weighted by molar-refractivity contribution is 0.0383. The van der Waals surface area contributed by atoms with Gasteiger partial charge in [0.15, 0.2) is 0 Å². The molecule has 0 aliphatic carbocycles. The summed E-state index contributed by atoms with van der Waals surface area (Å²) in [6.45, 7) is 19.7. The van der Waals surface area contributed by atoms with Gasteiger partial charge in [0.1, 0.15) is 28.5 Å². The van der Waals surface area contributed by atoms with Crippen molar-refractivity contribution < 1.29 is 34.0 Å². The number of likely N-dealkylation sites (N-methyl/N-ethyl adjacent to an activating group) is 4. The van der Waals surface area contributed by atoms with E-state index in [0.29, 0.717) is 42.3 Å². The van der Waals surface area contributed by atoms with Gasteiger partial charge in [0.2, 0.25) is 5.91 Å². The zero-order valence-electron chi connectivity index (χ0n) is 60.3. The third-order valence-corrected chi connectivity index (χ3v) is 21.3. The first kappa shape index (κ1) is 72.4. The second-order valence-corrected chi connectivity index (χ2v) is 29.5. The summed E-state index contributed by atoms with van der Waals surface area (Å²) in [6.07, 6.45) is 8.86. The van der Waals surface area contributed by atoms with Crippen molar-refractivity contribution >= 4 is 61.4 Å². The number of aliphatic hydroxyl groups excluding tert-OH is 3. The monoisotopic (exact) mass is 1410 g/mol. The number of hydrogen-bond donors (Lipinski definition) is 5. The average molecular weight is 1410 g/mol. The summed E-state index contributed by atoms with van der Waals surface area (Å²) < 4.78 is 35.2. The van der Waals surface area contributed by atoms with E-state index >= 15 is 0 Å². The number of nitrogens with two attached hydrogens (primary N) is 1. The number of benzene rings is 5. The number of nitrogens with zero attached hydrogens (tertiary/aromatic N) is 11. The average Bonchev–Trinajstić information content (AvgIpc) is 1.63. The first-order chi connectivity index (χ1) is 49.4. The second kappa shape index (κ2) is 30.4. The van der Waals surface area contributed by atoms with Crippen LogP contribution in [0.1, 0.15) is 125 Å². The summed E-state index contributed by atoms with van der Waals surface area (Å²) in [5, 5.41) is 48.9. The van der Waals surface area contributed by atoms with Crippen LogP contribution >= 0.6 is 11.6 Å². The highest BCUT2D eigenvalue weighted by Crippen LogP contribution is 2.38. The second-order valence-electron chi connectivity index (χ2n) is 29.1. The molecule has 0 saturated heterocycles. The number of hydrogen-bond acceptors (Lipinski definition) is 12. The van der Waals surface area contributed by atoms with Crippen molar-refractivity contribution in [3.8, 4) is 0 Å². The Balaban J connectivity index is 0.000000122. The number of amides is 1. The SMILES string of the molecule is Cc1ccc2c(c1)c1c(n2CC(O)c2ccc(C(N)=O)cc2)CCN(C)C1.Cc1ccc2c(c1)c1c(n2CC(O)c2ccncc2Cl)CCN(C)C1.Cc1cnc2c(c1)c1c(n2CC(C)(O)c2ccc(F)cc2)CCN(C)C1.Cc1cnc2c(c1)c1c(n2CC(O)c2ccc(F)cc2)CCN(C)C1. The number of carbonyl (C=O) groups is 1. The molecule has 1 amide bonds. The maximum absolute atomic E-state index is 13.3. The summed E-state index contributed by atoms with van der Waals surface area (Å²) in [4.78, 5) is 33.9. The summed E-state index contributed by atoms with van der Waals surface area (Å²) in [6, 6.07) is 38.3. The maximum atomic E-state index is 13.3. The molecule has 7 aromatic heterocycles. The Labute approximate surface area is 605 Å². The Kier molecular flexibility index (Phi) is 21.3. The van der Waals surface area contributed by atoms with Gasteiger partial charge in [0.05, 0.1) is 49.5 Å². The molecule has 0 radical (unpaired) electrons. The van der Waals surface area contributed by atoms with Gasteiger partial charge in [-0.25, -0.2) is 18.7 Å². The molecule has 20 heteroatoms. The van der Waals surface area contributed by atoms with Gasteiger partial charge < -0.3 is 64.0 Å². The summed E-state index contributed by atoms with van der Waals surface area (Å²) in [5.74, 6) is -1.05. The molecule has 16 rings (SSSR count). The minimum absolute atomic E-state index is 0.292. The zero-order valence-corrected chi connectivity index (χ0v) is 61.1. The third kappa shape index (κ3) is 15.5. The maximum Gasteiger partial charge on any atom is 0.248 e. The van der Waals surface area contributed by atoms with E-state index in [2.05, 4.69) is 157 Å². The summed E-state index contributed by atoms with van der Waals surface area (Å²) in [5.41, 5.74) is 27.1. The molecule has 4 unspecified atom stereocenters. The fraction of sp³-hybridized carbons (Fsp3) is 0.349. The molecule has 4 atom stereocenters. The van der Waals surface area contributed by atoms with Crippen molar-refractivity contribution in [2.75, 3.05) is 54.4 Å². The largest absolute Gasteiger partial charge is 0.387 e. The highest BCUT2D eigenvalue weighted by atomic mass is 35.5. The molecule has 0 spiro atoms. The predicted molar refractivity (Wildman–Crippen MR) is 404 cm³/mol. The lowest BCUT2D eigenvalue weighted by Crippen LogP contribution is -2.31. The minimum Gasteiger partial charge on any atom is -0.387 e. The van der Waals surface area contributed by atoms with Gasteiger partial charge in [-0.1, -0.05) is 71.3 Å². The van der Waals surface area contributed by atoms with E-state index in [4.69, 9.17) is 17.3 Å². The molecule has 0 fully saturated rings. The number of pyridine rings is 3. The highest BCUT2D eigenvalue weighted by molar-refractivity contribution is 6.31. The van der Waals surface area contributed by atoms with Gasteiger partial charge in [-0.3, -0.25) is 9.78 Å². The number of rotatable bonds is 13. The molecule has 12 aromatic rings. The van der Waals surface area contributed by atoms with Crippen LogP contribution in [0.4, 0.5) is 8.78 Å². The molecule has 4 aliphatic heterocycles. The smallest absolute Gasteiger partial charge is 0.248 e. The minimum atomic E-state index is -1.11. The van der Waals surface area contributed by atoms with Gasteiger partial charge in [0, 0.05) is 169 Å². The standard InChI is InChI=1S/C22H25N3O2.C21H24FN3O.C20H22ClN3O.C20H22FN3O/c1-14-3-8-19-17(11-14)18-12-24(2)10-9-20(18)25(19)13-21(26)15-4-6-16(7-5-15)22(23)27;1-14-10-17-18-12-24(3)9-8-19(18)25(20(17)23-11-14)13-21(2,26)15-4-6-16(22)7-5-15;1-13-3-4-18-15(9-13)16-11-23(2)8-6-19(16)24(18)12-20(25)14-5-7-22-10-17(14)21;1-13-9-16-17-11-23(2)8-7-18(17)24(20(16)22-10-13)12-19(25)14-3-5-15(21)6-4-14/h3-8,11,21,26H,9-10,12-13H2,1-2H3,(H2,23,27);4-7,10-11,26H,8-9,12-13H2,1-3H3;3-5,7,9-10,20,25H,6,8,11-12H2,1-2H3;3-6,9-10,19,25H,7-8,11-12H2,1-2H3. The topological polar surface area (TPSA) is 195 Å². The van der Waals surface area contributed by atoms with E-state index in [1.54, 1.807) is 73.9 Å². The molecule has 0 bridgehead atoms. The van der Waals surface area contributed by atoms with E-state index in [-0.39, 0.29) is 11.6 Å². The van der Waals surface area contributed by atoms with Crippen LogP contribution in [0.3, 0.4) is 0 Å². The van der Waals surface area contributed by atoms with E-state index in [1.165, 1.54) is 113 Å². The van der Waals surface area contributed by atoms with Crippen LogP contribution < -0.4 is 5.73 Å². The molecule has 0 saturated carbocycles. The first-order valence-corrected chi connectivity index (χ1v) is 35.9. The fourth-order valence-electron chi connectivity index (χ4n) is 15.5. The van der Waals surface area contributed by atoms with E-state index in [1.807, 2.05) is 12.4 Å². The lowest BCUT2D eigenvalue weighted by atomic mass is 9.95. The predicted octanol–water partition coefficient (Wildman–Crippen LogP) is 13.1. The highest BCUT2D eigenvalue weighted by Gasteiger charge is 2.32. The number of carbonyl (C=O) groups excluding carboxylic acids is 1. The molecular formula is C83H93ClF2N12O5. The van der Waals surface area contributed by atoms with Crippen LogP contribution in [-0.4, -0.2) is 134 Å². The van der Waals surface area contributed by atoms with Crippen LogP contribution in [0, 0.1) is 39.3 Å². The Hall–Kier alpha value is -8.99. The van der Waals surface area contributed by atoms with Crippen LogP contribution in [-0.2, 0) is 83.6 Å². The number of primary amides is 1. The van der Waals surface area contributed by atoms with Crippen molar-refractivity contribution in [1.82, 2.24) is 52.8 Å². The normalized spacial score (nSPS) is 16.3. The Bertz CT molecular complexity index is 5080. The number of aryl methyl sites for hydroxylation is 4. The van der Waals surface area contributed by atoms with Crippen LogP contribution in [0.25, 0.3) is 43.9 Å². The molecule has 5 aromatic carbocycles. The number of fused-ring (bicyclic) bond motifs is 12. The van der Waals surface area contributed by atoms with Gasteiger partial charge >= 0.3 is 0 Å². The van der Waals surface area contributed by atoms with E-state index in [9.17, 15) is 34.0 Å². The van der Waals surface area contributed by atoms with Gasteiger partial charge in [-0.15, -0.1) is 0 Å². The van der Waals surface area contributed by atoms with Crippen molar-refractivity contribution in [3.05, 3.63) is 264 Å². The van der Waals surface area contributed by atoms with Crippen molar-refractivity contribution in [2.45, 2.75) is 137 Å². The van der Waals surface area contributed by atoms with Crippen LogP contribution in [0.2, 0.25) is 5.02 Å². The number of halogens is 3. The third-order valence-electron chi connectivity index (χ3n) is 21.0. The molecule has 6 N–H and O–H groups in total. The molecule has 4 aliphatic rings. The Morgan fingerprint density at radius 3 is 1.35 bits per heavy atom. The first-order valence-electron chi connectivity index (χ1n) is 35.5. The van der Waals surface area contributed by atoms with Gasteiger partial charge in [-0.05, 0) is 192 Å². The molecule has 11 heterocycles. The van der Waals surface area contributed by atoms with E-state index < -0.39 is 29.8 Å². The fourth-order valence-corrected chi connectivity index (χ4v) is 15.8. The van der Waals surface area contributed by atoms with Gasteiger partial charge in [0.25, 0.3) is 0 Å². The van der Waals surface area contributed by atoms with Gasteiger partial charge in [-0.2, -0.15) is 0 Å². The zero-order chi connectivity index (χ0) is 72.7. The quantitative estimate of drug-likeness (QED) is 0.0734. The van der Waals surface area contributed by atoms with Crippen molar-refractivity contribution in [1.29, 1.82) is 0 Å². The van der Waals surface area contributed by atoms with Crippen molar-refractivity contribution in [3.63, 3.8) is 0 Å². The number of aliphatic hydroxyl groups is 4. The molecule has 536 valence electrons. The van der Waals surface area contributed by atoms with E-state index in [0.717, 1.165) is 117 Å². The molecule has 17 nitrogen and oxygen atoms in total.